The number of esters is 1. The molecule has 0 spiro atoms. The molecule has 2 amide bonds. The molecule has 0 saturated carbocycles. The minimum atomic E-state index is -1.24. The predicted molar refractivity (Wildman–Crippen MR) is 125 cm³/mol. The van der Waals surface area contributed by atoms with Crippen molar-refractivity contribution in [1.29, 1.82) is 0 Å². The second-order valence-electron chi connectivity index (χ2n) is 7.81. The maximum Gasteiger partial charge on any atom is 1.00 e. The van der Waals surface area contributed by atoms with Crippen molar-refractivity contribution in [1.82, 2.24) is 0 Å². The molecular weight excluding hydrogens is 447 g/mol. The van der Waals surface area contributed by atoms with Gasteiger partial charge in [-0.1, -0.05) is 24.3 Å². The van der Waals surface area contributed by atoms with Gasteiger partial charge >= 0.3 is 24.8 Å². The summed E-state index contributed by atoms with van der Waals surface area (Å²) in [5, 5.41) is 16.5. The van der Waals surface area contributed by atoms with Crippen molar-refractivity contribution >= 4 is 46.5 Å². The van der Waals surface area contributed by atoms with Crippen LogP contribution in [0.1, 0.15) is 19.8 Å². The molecule has 0 radical (unpaired) electrons. The van der Waals surface area contributed by atoms with Gasteiger partial charge < -0.3 is 35.1 Å². The molecule has 2 atom stereocenters. The number of carbonyl (C=O) groups excluding carboxylic acids is 4. The van der Waals surface area contributed by atoms with E-state index in [1.807, 2.05) is 36.4 Å². The Morgan fingerprint density at radius 2 is 1.29 bits per heavy atom. The third-order valence-corrected chi connectivity index (χ3v) is 5.49. The maximum atomic E-state index is 12.1. The van der Waals surface area contributed by atoms with E-state index in [0.717, 1.165) is 22.7 Å². The first-order valence-electron chi connectivity index (χ1n) is 10.8. The van der Waals surface area contributed by atoms with Crippen LogP contribution in [0.5, 0.6) is 0 Å². The number of hydrogen-bond donors (Lipinski definition) is 2. The van der Waals surface area contributed by atoms with Crippen molar-refractivity contribution in [3.8, 4) is 0 Å². The first kappa shape index (κ1) is 27.8. The van der Waals surface area contributed by atoms with E-state index < -0.39 is 18.1 Å². The van der Waals surface area contributed by atoms with Crippen LogP contribution in [0.15, 0.2) is 48.5 Å². The molecule has 2 aromatic rings. The number of nitrogens with one attached hydrogen (secondary N) is 2. The summed E-state index contributed by atoms with van der Waals surface area (Å²) in [6.45, 7) is 2.07. The second kappa shape index (κ2) is 12.3. The van der Waals surface area contributed by atoms with E-state index in [0.29, 0.717) is 6.61 Å². The van der Waals surface area contributed by atoms with Crippen LogP contribution >= 0.6 is 0 Å². The minimum absolute atomic E-state index is 0. The summed E-state index contributed by atoms with van der Waals surface area (Å²) in [5.74, 6) is -1.99. The predicted octanol–water partition coefficient (Wildman–Crippen LogP) is -2.02. The number of benzene rings is 2. The first-order chi connectivity index (χ1) is 16.2. The monoisotopic (exact) mass is 474 g/mol. The van der Waals surface area contributed by atoms with Crippen LogP contribution in [0, 0.1) is 0 Å². The van der Waals surface area contributed by atoms with Crippen molar-refractivity contribution in [3.63, 3.8) is 0 Å². The summed E-state index contributed by atoms with van der Waals surface area (Å²) < 4.78 is 4.87. The molecule has 2 aliphatic rings. The van der Waals surface area contributed by atoms with E-state index in [4.69, 9.17) is 4.74 Å². The van der Waals surface area contributed by atoms with Gasteiger partial charge in [0.25, 0.3) is 0 Å². The summed E-state index contributed by atoms with van der Waals surface area (Å²) in [6, 6.07) is 13.5. The Morgan fingerprint density at radius 3 is 1.71 bits per heavy atom. The molecule has 2 unspecified atom stereocenters. The van der Waals surface area contributed by atoms with E-state index in [2.05, 4.69) is 10.6 Å². The average Bonchev–Trinajstić information content (AvgIpc) is 2.81. The Kier molecular flexibility index (Phi) is 9.75. The maximum absolute atomic E-state index is 12.1. The van der Waals surface area contributed by atoms with Crippen LogP contribution in [-0.2, 0) is 23.9 Å². The standard InChI is InChI=1S/C13H16N2O3.C11H12N2O3.Li/c1-3-18-12(16)8-10-13(17)15(2)11-7-5-4-6-9(11)14-10;1-13-9-5-3-2-4-7(9)12-8(11(13)16)6-10(14)15;/h4-7,10,14H,3,8H2,1-2H3;2-5,8,12H,6H2,1H3,(H,14,15);/q;;+1/p-1. The molecule has 0 aromatic heterocycles. The molecule has 0 fully saturated rings. The van der Waals surface area contributed by atoms with Gasteiger partial charge in [-0.05, 0) is 31.2 Å². The van der Waals surface area contributed by atoms with E-state index in [-0.39, 0.29) is 49.5 Å². The van der Waals surface area contributed by atoms with Gasteiger partial charge in [0.05, 0.1) is 35.8 Å². The number of hydrogen-bond acceptors (Lipinski definition) is 8. The quantitative estimate of drug-likeness (QED) is 0.375. The normalized spacial score (nSPS) is 17.9. The van der Waals surface area contributed by atoms with Gasteiger partial charge in [0, 0.05) is 26.5 Å². The molecule has 0 aliphatic carbocycles. The number of amides is 2. The van der Waals surface area contributed by atoms with Gasteiger partial charge in [0.2, 0.25) is 11.8 Å². The van der Waals surface area contributed by atoms with Crippen LogP contribution in [-0.4, -0.2) is 56.5 Å². The number of para-hydroxylation sites is 4. The zero-order valence-electron chi connectivity index (χ0n) is 20.2. The number of aliphatic carboxylic acids is 1. The zero-order chi connectivity index (χ0) is 24.8. The Labute approximate surface area is 215 Å². The second-order valence-corrected chi connectivity index (χ2v) is 7.81. The van der Waals surface area contributed by atoms with Gasteiger partial charge in [0.1, 0.15) is 12.1 Å². The SMILES string of the molecule is CCOC(=O)CC1Nc2ccccc2N(C)C1=O.CN1C(=O)C(CC(=O)[O-])Nc2ccccc21.[Li+]. The molecule has 2 aliphatic heterocycles. The summed E-state index contributed by atoms with van der Waals surface area (Å²) >= 11 is 0. The average molecular weight is 474 g/mol. The fourth-order valence-corrected chi connectivity index (χ4v) is 3.81. The summed E-state index contributed by atoms with van der Waals surface area (Å²) in [7, 11) is 3.34. The topological polar surface area (TPSA) is 131 Å². The molecule has 11 heteroatoms. The first-order valence-corrected chi connectivity index (χ1v) is 10.8. The molecule has 10 nitrogen and oxygen atoms in total. The van der Waals surface area contributed by atoms with Gasteiger partial charge in [-0.25, -0.2) is 0 Å². The van der Waals surface area contributed by atoms with Crippen LogP contribution in [0.4, 0.5) is 22.7 Å². The molecular formula is C24H27LiN4O6. The largest absolute Gasteiger partial charge is 1.00 e. The van der Waals surface area contributed by atoms with E-state index >= 15 is 0 Å². The summed E-state index contributed by atoms with van der Waals surface area (Å²) in [5.41, 5.74) is 3.19. The number of carboxylic acid groups (broad SMARTS) is 1. The van der Waals surface area contributed by atoms with E-state index in [1.165, 1.54) is 4.90 Å². The van der Waals surface area contributed by atoms with Crippen LogP contribution < -0.4 is 44.4 Å². The molecule has 2 N–H and O–H groups in total. The Bertz CT molecular complexity index is 1100. The molecule has 35 heavy (non-hydrogen) atoms. The smallest absolute Gasteiger partial charge is 0.550 e. The molecule has 0 bridgehead atoms. The number of likely N-dealkylation sites (N-methyl/N-ethyl adjacent to an activating group) is 2. The number of carbonyl (C=O) groups is 4. The van der Waals surface area contributed by atoms with Crippen molar-refractivity contribution in [3.05, 3.63) is 48.5 Å². The fourth-order valence-electron chi connectivity index (χ4n) is 3.81. The number of carboxylic acids is 1. The van der Waals surface area contributed by atoms with Crippen LogP contribution in [0.25, 0.3) is 0 Å². The Hall–Kier alpha value is -3.48. The molecule has 0 saturated heterocycles. The summed E-state index contributed by atoms with van der Waals surface area (Å²) in [4.78, 5) is 48.9. The molecule has 2 heterocycles. The van der Waals surface area contributed by atoms with Crippen molar-refractivity contribution < 1.29 is 47.9 Å². The molecule has 4 rings (SSSR count). The number of anilines is 4. The molecule has 2 aromatic carbocycles. The van der Waals surface area contributed by atoms with Crippen LogP contribution in [0.3, 0.4) is 0 Å². The number of rotatable bonds is 5. The third-order valence-electron chi connectivity index (χ3n) is 5.49. The van der Waals surface area contributed by atoms with Gasteiger partial charge in [-0.2, -0.15) is 0 Å². The van der Waals surface area contributed by atoms with Gasteiger partial charge in [-0.3, -0.25) is 14.4 Å². The van der Waals surface area contributed by atoms with Gasteiger partial charge in [0.15, 0.2) is 0 Å². The minimum Gasteiger partial charge on any atom is -0.550 e. The Balaban J connectivity index is 0.000000241. The van der Waals surface area contributed by atoms with Crippen LogP contribution in [0.2, 0.25) is 0 Å². The van der Waals surface area contributed by atoms with Crippen molar-refractivity contribution in [2.45, 2.75) is 31.8 Å². The van der Waals surface area contributed by atoms with Crippen molar-refractivity contribution in [2.75, 3.05) is 41.1 Å². The number of fused-ring (bicyclic) bond motifs is 2. The van der Waals surface area contributed by atoms with Crippen molar-refractivity contribution in [2.24, 2.45) is 0 Å². The summed E-state index contributed by atoms with van der Waals surface area (Å²) in [6.07, 6.45) is -0.275. The fraction of sp³-hybridized carbons (Fsp3) is 0.333. The van der Waals surface area contributed by atoms with Gasteiger partial charge in [-0.15, -0.1) is 0 Å². The third kappa shape index (κ3) is 6.56. The molecule has 180 valence electrons. The number of ether oxygens (including phenoxy) is 1. The Morgan fingerprint density at radius 1 is 0.857 bits per heavy atom. The zero-order valence-corrected chi connectivity index (χ0v) is 20.2. The number of nitrogens with zero attached hydrogens (tertiary/aromatic N) is 2. The van der Waals surface area contributed by atoms with E-state index in [9.17, 15) is 24.3 Å². The van der Waals surface area contributed by atoms with E-state index in [1.54, 1.807) is 38.1 Å².